The maximum absolute atomic E-state index is 12.2. The predicted molar refractivity (Wildman–Crippen MR) is 108 cm³/mol. The van der Waals surface area contributed by atoms with Crippen molar-refractivity contribution >= 4 is 11.6 Å². The van der Waals surface area contributed by atoms with Gasteiger partial charge in [0.15, 0.2) is 0 Å². The molecule has 1 unspecified atom stereocenters. The average Bonchev–Trinajstić information content (AvgIpc) is 2.72. The Balaban J connectivity index is 1.51. The van der Waals surface area contributed by atoms with Gasteiger partial charge in [-0.3, -0.25) is 19.8 Å². The molecule has 1 aliphatic rings. The number of nitro benzene ring substituents is 1. The zero-order valence-electron chi connectivity index (χ0n) is 16.1. The van der Waals surface area contributed by atoms with Crippen LogP contribution in [0.4, 0.5) is 5.69 Å². The summed E-state index contributed by atoms with van der Waals surface area (Å²) in [7, 11) is 2.15. The molecule has 1 heterocycles. The normalized spacial score (nSPS) is 18.0. The van der Waals surface area contributed by atoms with Crippen molar-refractivity contribution < 1.29 is 9.72 Å². The lowest BCUT2D eigenvalue weighted by Crippen LogP contribution is -2.47. The highest BCUT2D eigenvalue weighted by Crippen LogP contribution is 2.24. The molecule has 28 heavy (non-hydrogen) atoms. The molecular formula is C21H26N4O3. The SMILES string of the molecule is CN1CCN(CCCNC(=O)c2cccc([N+](=O)[O-])c2)C(c2ccccc2)C1. The first-order valence-electron chi connectivity index (χ1n) is 9.55. The van der Waals surface area contributed by atoms with Crippen LogP contribution in [0, 0.1) is 10.1 Å². The van der Waals surface area contributed by atoms with Gasteiger partial charge in [0.2, 0.25) is 0 Å². The van der Waals surface area contributed by atoms with E-state index in [0.717, 1.165) is 32.6 Å². The Morgan fingerprint density at radius 3 is 2.71 bits per heavy atom. The summed E-state index contributed by atoms with van der Waals surface area (Å²) >= 11 is 0. The molecule has 1 atom stereocenters. The summed E-state index contributed by atoms with van der Waals surface area (Å²) in [4.78, 5) is 27.4. The zero-order valence-corrected chi connectivity index (χ0v) is 16.1. The molecule has 0 saturated carbocycles. The van der Waals surface area contributed by atoms with E-state index in [9.17, 15) is 14.9 Å². The molecule has 148 valence electrons. The molecule has 1 N–H and O–H groups in total. The van der Waals surface area contributed by atoms with Crippen LogP contribution in [0.5, 0.6) is 0 Å². The van der Waals surface area contributed by atoms with Crippen molar-refractivity contribution in [2.75, 3.05) is 39.8 Å². The lowest BCUT2D eigenvalue weighted by molar-refractivity contribution is -0.384. The van der Waals surface area contributed by atoms with E-state index in [0.29, 0.717) is 18.2 Å². The van der Waals surface area contributed by atoms with Crippen LogP contribution in [0.3, 0.4) is 0 Å². The van der Waals surface area contributed by atoms with E-state index in [1.54, 1.807) is 6.07 Å². The highest BCUT2D eigenvalue weighted by atomic mass is 16.6. The van der Waals surface area contributed by atoms with Gasteiger partial charge in [-0.25, -0.2) is 0 Å². The van der Waals surface area contributed by atoms with E-state index < -0.39 is 4.92 Å². The summed E-state index contributed by atoms with van der Waals surface area (Å²) in [5.41, 5.74) is 1.56. The van der Waals surface area contributed by atoms with Crippen LogP contribution >= 0.6 is 0 Å². The first-order valence-corrected chi connectivity index (χ1v) is 9.55. The summed E-state index contributed by atoms with van der Waals surface area (Å²) in [6.45, 7) is 4.44. The number of benzene rings is 2. The van der Waals surface area contributed by atoms with Crippen LogP contribution < -0.4 is 5.32 Å². The predicted octanol–water partition coefficient (Wildman–Crippen LogP) is 2.70. The van der Waals surface area contributed by atoms with E-state index in [4.69, 9.17) is 0 Å². The fourth-order valence-corrected chi connectivity index (χ4v) is 3.56. The summed E-state index contributed by atoms with van der Waals surface area (Å²) in [6, 6.07) is 16.7. The Kier molecular flexibility index (Phi) is 6.73. The number of hydrogen-bond donors (Lipinski definition) is 1. The number of carbonyl (C=O) groups is 1. The number of non-ortho nitro benzene ring substituents is 1. The molecule has 1 saturated heterocycles. The molecule has 0 spiro atoms. The van der Waals surface area contributed by atoms with Gasteiger partial charge in [0, 0.05) is 56.5 Å². The summed E-state index contributed by atoms with van der Waals surface area (Å²) in [5, 5.41) is 13.7. The first-order chi connectivity index (χ1) is 13.5. The summed E-state index contributed by atoms with van der Waals surface area (Å²) in [6.07, 6.45) is 0.827. The molecule has 0 radical (unpaired) electrons. The van der Waals surface area contributed by atoms with Crippen molar-refractivity contribution in [2.45, 2.75) is 12.5 Å². The second-order valence-electron chi connectivity index (χ2n) is 7.14. The van der Waals surface area contributed by atoms with Crippen LogP contribution in [0.1, 0.15) is 28.4 Å². The minimum atomic E-state index is -0.492. The molecule has 0 aromatic heterocycles. The van der Waals surface area contributed by atoms with E-state index in [2.05, 4.69) is 46.4 Å². The second kappa shape index (κ2) is 9.43. The maximum Gasteiger partial charge on any atom is 0.270 e. The third-order valence-electron chi connectivity index (χ3n) is 5.11. The number of nitro groups is 1. The topological polar surface area (TPSA) is 78.7 Å². The molecule has 2 aromatic carbocycles. The van der Waals surface area contributed by atoms with Gasteiger partial charge in [0.05, 0.1) is 4.92 Å². The molecule has 1 aliphatic heterocycles. The van der Waals surface area contributed by atoms with E-state index in [-0.39, 0.29) is 11.6 Å². The lowest BCUT2D eigenvalue weighted by Gasteiger charge is -2.40. The van der Waals surface area contributed by atoms with Crippen molar-refractivity contribution in [3.8, 4) is 0 Å². The third kappa shape index (κ3) is 5.15. The summed E-state index contributed by atoms with van der Waals surface area (Å²) in [5.74, 6) is -0.276. The molecule has 2 aromatic rings. The number of likely N-dealkylation sites (N-methyl/N-ethyl adjacent to an activating group) is 1. The van der Waals surface area contributed by atoms with Crippen molar-refractivity contribution in [3.63, 3.8) is 0 Å². The van der Waals surface area contributed by atoms with Gasteiger partial charge in [-0.05, 0) is 25.1 Å². The van der Waals surface area contributed by atoms with E-state index in [1.807, 2.05) is 6.07 Å². The fraction of sp³-hybridized carbons (Fsp3) is 0.381. The Morgan fingerprint density at radius 2 is 1.96 bits per heavy atom. The quantitative estimate of drug-likeness (QED) is 0.453. The smallest absolute Gasteiger partial charge is 0.270 e. The number of piperazine rings is 1. The first kappa shape index (κ1) is 20.0. The highest BCUT2D eigenvalue weighted by molar-refractivity contribution is 5.94. The summed E-state index contributed by atoms with van der Waals surface area (Å²) < 4.78 is 0. The Morgan fingerprint density at radius 1 is 1.18 bits per heavy atom. The van der Waals surface area contributed by atoms with Gasteiger partial charge in [-0.15, -0.1) is 0 Å². The molecule has 0 bridgehead atoms. The van der Waals surface area contributed by atoms with Crippen molar-refractivity contribution in [1.29, 1.82) is 0 Å². The van der Waals surface area contributed by atoms with Gasteiger partial charge in [0.1, 0.15) is 0 Å². The molecule has 1 fully saturated rings. The van der Waals surface area contributed by atoms with Crippen LogP contribution in [0.15, 0.2) is 54.6 Å². The molecule has 3 rings (SSSR count). The zero-order chi connectivity index (χ0) is 19.9. The van der Waals surface area contributed by atoms with Gasteiger partial charge in [-0.1, -0.05) is 36.4 Å². The number of nitrogens with zero attached hydrogens (tertiary/aromatic N) is 3. The molecule has 7 heteroatoms. The van der Waals surface area contributed by atoms with Crippen molar-refractivity contribution in [2.24, 2.45) is 0 Å². The number of nitrogens with one attached hydrogen (secondary N) is 1. The number of carbonyl (C=O) groups excluding carboxylic acids is 1. The van der Waals surface area contributed by atoms with Gasteiger partial charge < -0.3 is 10.2 Å². The third-order valence-corrected chi connectivity index (χ3v) is 5.11. The number of amides is 1. The minimum absolute atomic E-state index is 0.0733. The fourth-order valence-electron chi connectivity index (χ4n) is 3.56. The largest absolute Gasteiger partial charge is 0.352 e. The Labute approximate surface area is 165 Å². The Bertz CT molecular complexity index is 812. The van der Waals surface area contributed by atoms with Gasteiger partial charge >= 0.3 is 0 Å². The van der Waals surface area contributed by atoms with Crippen molar-refractivity contribution in [3.05, 3.63) is 75.8 Å². The average molecular weight is 382 g/mol. The lowest BCUT2D eigenvalue weighted by atomic mass is 10.0. The second-order valence-corrected chi connectivity index (χ2v) is 7.14. The van der Waals surface area contributed by atoms with Crippen LogP contribution in [-0.4, -0.2) is 60.4 Å². The van der Waals surface area contributed by atoms with Crippen LogP contribution in [0.2, 0.25) is 0 Å². The van der Waals surface area contributed by atoms with E-state index >= 15 is 0 Å². The van der Waals surface area contributed by atoms with Gasteiger partial charge in [0.25, 0.3) is 11.6 Å². The monoisotopic (exact) mass is 382 g/mol. The number of hydrogen-bond acceptors (Lipinski definition) is 5. The Hall–Kier alpha value is -2.77. The molecule has 0 aliphatic carbocycles. The number of rotatable bonds is 7. The van der Waals surface area contributed by atoms with Crippen molar-refractivity contribution in [1.82, 2.24) is 15.1 Å². The molecular weight excluding hydrogens is 356 g/mol. The molecule has 1 amide bonds. The highest BCUT2D eigenvalue weighted by Gasteiger charge is 2.25. The maximum atomic E-state index is 12.2. The van der Waals surface area contributed by atoms with Crippen LogP contribution in [-0.2, 0) is 0 Å². The molecule has 7 nitrogen and oxygen atoms in total. The standard InChI is InChI=1S/C21H26N4O3/c1-23-13-14-24(20(16-23)17-7-3-2-4-8-17)12-6-11-22-21(26)18-9-5-10-19(15-18)25(27)28/h2-5,7-10,15,20H,6,11-14,16H2,1H3,(H,22,26). The van der Waals surface area contributed by atoms with Crippen LogP contribution in [0.25, 0.3) is 0 Å². The minimum Gasteiger partial charge on any atom is -0.352 e. The van der Waals surface area contributed by atoms with E-state index in [1.165, 1.54) is 23.8 Å². The van der Waals surface area contributed by atoms with Gasteiger partial charge in [-0.2, -0.15) is 0 Å².